The minimum absolute atomic E-state index is 0.886. The molecule has 84 valence electrons. The second-order valence-corrected chi connectivity index (χ2v) is 3.87. The minimum atomic E-state index is 0.886. The molecule has 1 heteroatoms. The molecule has 0 aromatic carbocycles. The van der Waals surface area contributed by atoms with Crippen LogP contribution in [0.1, 0.15) is 54.4 Å². The van der Waals surface area contributed by atoms with E-state index in [0.29, 0.717) is 0 Å². The number of hydrogen-bond donors (Lipinski definition) is 1. The minimum Gasteiger partial charge on any atom is -0.323 e. The summed E-state index contributed by atoms with van der Waals surface area (Å²) < 4.78 is 0. The Morgan fingerprint density at radius 2 is 0.923 bits per heavy atom. The lowest BCUT2D eigenvalue weighted by molar-refractivity contribution is 0.476. The number of rotatable bonds is 3. The maximum absolute atomic E-state index is 2.75. The maximum atomic E-state index is 2.75. The van der Waals surface area contributed by atoms with Gasteiger partial charge in [-0.1, -0.05) is 54.4 Å². The van der Waals surface area contributed by atoms with E-state index >= 15 is 0 Å². The molecule has 0 aromatic heterocycles. The van der Waals surface area contributed by atoms with Crippen LogP contribution in [-0.2, 0) is 0 Å². The van der Waals surface area contributed by atoms with E-state index in [0.717, 1.165) is 11.8 Å². The Kier molecular flexibility index (Phi) is 25.7. The highest BCUT2D eigenvalue weighted by Gasteiger charge is 1.95. The second kappa shape index (κ2) is 17.9. The van der Waals surface area contributed by atoms with Gasteiger partial charge in [-0.15, -0.1) is 0 Å². The van der Waals surface area contributed by atoms with Gasteiger partial charge in [0.05, 0.1) is 0 Å². The van der Waals surface area contributed by atoms with Crippen LogP contribution in [0.4, 0.5) is 0 Å². The molecule has 0 radical (unpaired) electrons. The first-order valence-electron chi connectivity index (χ1n) is 5.63. The third-order valence-electron chi connectivity index (χ3n) is 1.32. The van der Waals surface area contributed by atoms with Crippen LogP contribution in [0.2, 0.25) is 0 Å². The highest BCUT2D eigenvalue weighted by Crippen LogP contribution is 2.09. The lowest BCUT2D eigenvalue weighted by atomic mass is 10.0. The molecule has 0 bridgehead atoms. The predicted molar refractivity (Wildman–Crippen MR) is 65.2 cm³/mol. The Labute approximate surface area is 86.3 Å². The molecule has 0 unspecified atom stereocenters. The van der Waals surface area contributed by atoms with Crippen molar-refractivity contribution in [2.24, 2.45) is 11.8 Å². The van der Waals surface area contributed by atoms with Crippen LogP contribution in [0.3, 0.4) is 0 Å². The molecule has 0 spiro atoms. The van der Waals surface area contributed by atoms with Gasteiger partial charge < -0.3 is 5.32 Å². The molecule has 0 heterocycles. The molecule has 0 aliphatic heterocycles. The van der Waals surface area contributed by atoms with E-state index in [1.807, 2.05) is 27.9 Å². The fraction of sp³-hybridized carbons (Fsp3) is 1.00. The zero-order valence-corrected chi connectivity index (χ0v) is 11.1. The molecule has 0 aliphatic carbocycles. The largest absolute Gasteiger partial charge is 0.323 e. The molecule has 1 N–H and O–H groups in total. The standard InChI is InChI=1S/C8H18.C2H7N.C2H6/c1-7(2)5-6-8(3)4;1-3-2;1-2/h7-8H,5-6H2,1-4H3;3H,1-2H3;1-2H3. The van der Waals surface area contributed by atoms with Crippen LogP contribution < -0.4 is 5.32 Å². The predicted octanol–water partition coefficient (Wildman–Crippen LogP) is 3.94. The van der Waals surface area contributed by atoms with E-state index in [4.69, 9.17) is 0 Å². The third kappa shape index (κ3) is 48.2. The molecule has 0 rings (SSSR count). The van der Waals surface area contributed by atoms with Gasteiger partial charge in [0.25, 0.3) is 0 Å². The van der Waals surface area contributed by atoms with Gasteiger partial charge in [0.2, 0.25) is 0 Å². The highest BCUT2D eigenvalue weighted by atomic mass is 14.7. The molecule has 0 aliphatic rings. The van der Waals surface area contributed by atoms with Gasteiger partial charge in [-0.05, 0) is 25.9 Å². The van der Waals surface area contributed by atoms with E-state index in [2.05, 4.69) is 33.0 Å². The Bertz CT molecular complexity index is 50.1. The van der Waals surface area contributed by atoms with Gasteiger partial charge in [0, 0.05) is 0 Å². The van der Waals surface area contributed by atoms with Crippen LogP contribution in [0.25, 0.3) is 0 Å². The van der Waals surface area contributed by atoms with Gasteiger partial charge in [-0.3, -0.25) is 0 Å². The fourth-order valence-electron chi connectivity index (χ4n) is 0.667. The van der Waals surface area contributed by atoms with Gasteiger partial charge in [-0.25, -0.2) is 0 Å². The first kappa shape index (κ1) is 18.7. The first-order chi connectivity index (χ1) is 6.04. The van der Waals surface area contributed by atoms with Crippen LogP contribution in [-0.4, -0.2) is 14.1 Å². The van der Waals surface area contributed by atoms with E-state index in [9.17, 15) is 0 Å². The monoisotopic (exact) mass is 189 g/mol. The molecule has 0 amide bonds. The summed E-state index contributed by atoms with van der Waals surface area (Å²) in [6, 6.07) is 0. The highest BCUT2D eigenvalue weighted by molar-refractivity contribution is 4.48. The summed E-state index contributed by atoms with van der Waals surface area (Å²) in [7, 11) is 3.75. The SMILES string of the molecule is CC.CC(C)CCC(C)C.CNC. The van der Waals surface area contributed by atoms with E-state index < -0.39 is 0 Å². The van der Waals surface area contributed by atoms with Crippen molar-refractivity contribution in [2.45, 2.75) is 54.4 Å². The fourth-order valence-corrected chi connectivity index (χ4v) is 0.667. The van der Waals surface area contributed by atoms with Crippen molar-refractivity contribution >= 4 is 0 Å². The van der Waals surface area contributed by atoms with Crippen LogP contribution in [0.15, 0.2) is 0 Å². The first-order valence-corrected chi connectivity index (χ1v) is 5.63. The maximum Gasteiger partial charge on any atom is -0.0167 e. The van der Waals surface area contributed by atoms with Gasteiger partial charge >= 0.3 is 0 Å². The summed E-state index contributed by atoms with van der Waals surface area (Å²) in [6.07, 6.45) is 2.77. The van der Waals surface area contributed by atoms with Crippen molar-refractivity contribution in [3.8, 4) is 0 Å². The number of hydrogen-bond acceptors (Lipinski definition) is 1. The molecule has 0 fully saturated rings. The Balaban J connectivity index is -0.000000169. The van der Waals surface area contributed by atoms with Crippen molar-refractivity contribution in [3.63, 3.8) is 0 Å². The molecular weight excluding hydrogens is 158 g/mol. The molecule has 1 nitrogen and oxygen atoms in total. The Hall–Kier alpha value is -0.0400. The topological polar surface area (TPSA) is 12.0 Å². The smallest absolute Gasteiger partial charge is 0.0167 e. The van der Waals surface area contributed by atoms with Crippen molar-refractivity contribution in [1.29, 1.82) is 0 Å². The summed E-state index contributed by atoms with van der Waals surface area (Å²) in [5.41, 5.74) is 0. The summed E-state index contributed by atoms with van der Waals surface area (Å²) in [6.45, 7) is 13.1. The van der Waals surface area contributed by atoms with E-state index in [1.54, 1.807) is 0 Å². The summed E-state index contributed by atoms with van der Waals surface area (Å²) in [4.78, 5) is 0. The third-order valence-corrected chi connectivity index (χ3v) is 1.32. The quantitative estimate of drug-likeness (QED) is 0.709. The van der Waals surface area contributed by atoms with Crippen molar-refractivity contribution in [3.05, 3.63) is 0 Å². The Morgan fingerprint density at radius 1 is 0.769 bits per heavy atom. The van der Waals surface area contributed by atoms with Gasteiger partial charge in [0.15, 0.2) is 0 Å². The van der Waals surface area contributed by atoms with E-state index in [-0.39, 0.29) is 0 Å². The van der Waals surface area contributed by atoms with E-state index in [1.165, 1.54) is 12.8 Å². The summed E-state index contributed by atoms with van der Waals surface area (Å²) in [5, 5.41) is 2.75. The lowest BCUT2D eigenvalue weighted by Crippen LogP contribution is -1.91. The Morgan fingerprint density at radius 3 is 1.00 bits per heavy atom. The second-order valence-electron chi connectivity index (χ2n) is 3.87. The molecule has 0 atom stereocenters. The summed E-state index contributed by atoms with van der Waals surface area (Å²) in [5.74, 6) is 1.77. The lowest BCUT2D eigenvalue weighted by Gasteiger charge is -2.05. The molecule has 0 aromatic rings. The van der Waals surface area contributed by atoms with Crippen molar-refractivity contribution < 1.29 is 0 Å². The molecule has 0 saturated heterocycles. The van der Waals surface area contributed by atoms with Gasteiger partial charge in [-0.2, -0.15) is 0 Å². The normalized spacial score (nSPS) is 8.77. The van der Waals surface area contributed by atoms with Gasteiger partial charge in [0.1, 0.15) is 0 Å². The van der Waals surface area contributed by atoms with Crippen molar-refractivity contribution in [2.75, 3.05) is 14.1 Å². The molecular formula is C12H31N. The number of nitrogens with one attached hydrogen (secondary N) is 1. The van der Waals surface area contributed by atoms with Crippen LogP contribution >= 0.6 is 0 Å². The van der Waals surface area contributed by atoms with Crippen LogP contribution in [0, 0.1) is 11.8 Å². The molecule has 0 saturated carbocycles. The zero-order valence-electron chi connectivity index (χ0n) is 11.1. The average molecular weight is 189 g/mol. The van der Waals surface area contributed by atoms with Crippen molar-refractivity contribution in [1.82, 2.24) is 5.32 Å². The molecule has 13 heavy (non-hydrogen) atoms. The average Bonchev–Trinajstić information content (AvgIpc) is 2.06. The zero-order chi connectivity index (χ0) is 11.3. The van der Waals surface area contributed by atoms with Crippen LogP contribution in [0.5, 0.6) is 0 Å². The summed E-state index contributed by atoms with van der Waals surface area (Å²) >= 11 is 0.